The van der Waals surface area contributed by atoms with Crippen LogP contribution in [0.4, 0.5) is 5.82 Å². The summed E-state index contributed by atoms with van der Waals surface area (Å²) in [5, 5.41) is 0. The first-order valence-electron chi connectivity index (χ1n) is 5.13. The highest BCUT2D eigenvalue weighted by molar-refractivity contribution is 9.10. The van der Waals surface area contributed by atoms with Crippen molar-refractivity contribution in [3.8, 4) is 0 Å². The van der Waals surface area contributed by atoms with Crippen molar-refractivity contribution < 1.29 is 8.42 Å². The van der Waals surface area contributed by atoms with Crippen LogP contribution >= 0.6 is 15.9 Å². The van der Waals surface area contributed by atoms with Gasteiger partial charge in [-0.15, -0.1) is 0 Å². The lowest BCUT2D eigenvalue weighted by Crippen LogP contribution is -2.42. The minimum absolute atomic E-state index is 0.00611. The highest BCUT2D eigenvalue weighted by Gasteiger charge is 2.26. The van der Waals surface area contributed by atoms with Gasteiger partial charge in [-0.1, -0.05) is 6.92 Å². The largest absolute Gasteiger partial charge is 0.383 e. The molecule has 0 bridgehead atoms. The van der Waals surface area contributed by atoms with E-state index in [1.54, 1.807) is 0 Å². The van der Waals surface area contributed by atoms with Crippen molar-refractivity contribution >= 4 is 31.8 Å². The normalized spacial score (nSPS) is 12.7. The second-order valence-corrected chi connectivity index (χ2v) is 6.95. The number of anilines is 1. The third kappa shape index (κ3) is 3.65. The van der Waals surface area contributed by atoms with Crippen molar-refractivity contribution in [2.24, 2.45) is 0 Å². The maximum atomic E-state index is 12.1. The maximum absolute atomic E-state index is 12.1. The lowest BCUT2D eigenvalue weighted by Gasteiger charge is -2.24. The van der Waals surface area contributed by atoms with Crippen LogP contribution in [-0.4, -0.2) is 18.9 Å². The Bertz CT molecular complexity index is 514. The second kappa shape index (κ2) is 4.91. The summed E-state index contributed by atoms with van der Waals surface area (Å²) in [7, 11) is -3.65. The van der Waals surface area contributed by atoms with Crippen molar-refractivity contribution in [3.05, 3.63) is 16.7 Å². The van der Waals surface area contributed by atoms with E-state index in [1.807, 2.05) is 20.8 Å². The van der Waals surface area contributed by atoms with Crippen LogP contribution in [0.1, 0.15) is 27.2 Å². The molecule has 0 amide bonds. The molecule has 0 atom stereocenters. The Labute approximate surface area is 110 Å². The zero-order chi connectivity index (χ0) is 13.3. The molecule has 17 heavy (non-hydrogen) atoms. The summed E-state index contributed by atoms with van der Waals surface area (Å²) in [6.45, 7) is 5.53. The Kier molecular flexibility index (Phi) is 4.16. The number of hydrogen-bond donors (Lipinski definition) is 2. The van der Waals surface area contributed by atoms with Gasteiger partial charge in [0.25, 0.3) is 0 Å². The van der Waals surface area contributed by atoms with Crippen LogP contribution in [0.25, 0.3) is 0 Å². The number of nitrogen functional groups attached to an aromatic ring is 1. The molecule has 3 N–H and O–H groups in total. The van der Waals surface area contributed by atoms with Gasteiger partial charge in [0, 0.05) is 16.2 Å². The molecular formula is C10H16BrN3O2S. The van der Waals surface area contributed by atoms with Gasteiger partial charge < -0.3 is 5.73 Å². The van der Waals surface area contributed by atoms with Crippen LogP contribution in [0.15, 0.2) is 21.6 Å². The van der Waals surface area contributed by atoms with E-state index in [0.29, 0.717) is 10.9 Å². The molecule has 0 fully saturated rings. The number of nitrogens with two attached hydrogens (primary N) is 1. The van der Waals surface area contributed by atoms with E-state index < -0.39 is 15.6 Å². The Morgan fingerprint density at radius 3 is 2.65 bits per heavy atom. The van der Waals surface area contributed by atoms with Gasteiger partial charge in [-0.3, -0.25) is 0 Å². The molecular weight excluding hydrogens is 306 g/mol. The van der Waals surface area contributed by atoms with Crippen molar-refractivity contribution in [1.82, 2.24) is 9.71 Å². The van der Waals surface area contributed by atoms with Crippen molar-refractivity contribution in [3.63, 3.8) is 0 Å². The Balaban J connectivity index is 3.18. The van der Waals surface area contributed by atoms with Gasteiger partial charge in [-0.05, 0) is 42.3 Å². The van der Waals surface area contributed by atoms with E-state index in [-0.39, 0.29) is 10.7 Å². The lowest BCUT2D eigenvalue weighted by atomic mass is 10.0. The fourth-order valence-electron chi connectivity index (χ4n) is 1.14. The van der Waals surface area contributed by atoms with E-state index in [0.717, 1.165) is 0 Å². The number of pyridine rings is 1. The molecule has 96 valence electrons. The monoisotopic (exact) mass is 321 g/mol. The van der Waals surface area contributed by atoms with Gasteiger partial charge >= 0.3 is 0 Å². The molecule has 0 radical (unpaired) electrons. The molecule has 0 aromatic carbocycles. The first-order chi connectivity index (χ1) is 7.68. The third-order valence-electron chi connectivity index (χ3n) is 2.43. The van der Waals surface area contributed by atoms with Gasteiger partial charge in [-0.25, -0.2) is 18.1 Å². The SMILES string of the molecule is CCC(C)(C)NS(=O)(=O)c1cc(Br)cnc1N. The molecule has 0 unspecified atom stereocenters. The second-order valence-electron chi connectivity index (χ2n) is 4.38. The summed E-state index contributed by atoms with van der Waals surface area (Å²) >= 11 is 3.18. The number of nitrogens with zero attached hydrogens (tertiary/aromatic N) is 1. The molecule has 1 aromatic heterocycles. The highest BCUT2D eigenvalue weighted by atomic mass is 79.9. The van der Waals surface area contributed by atoms with E-state index in [2.05, 4.69) is 25.6 Å². The predicted molar refractivity (Wildman–Crippen MR) is 71.0 cm³/mol. The van der Waals surface area contributed by atoms with Crippen molar-refractivity contribution in [2.75, 3.05) is 5.73 Å². The highest BCUT2D eigenvalue weighted by Crippen LogP contribution is 2.22. The van der Waals surface area contributed by atoms with Crippen molar-refractivity contribution in [1.29, 1.82) is 0 Å². The summed E-state index contributed by atoms with van der Waals surface area (Å²) in [5.74, 6) is -0.00685. The van der Waals surface area contributed by atoms with Gasteiger partial charge in [-0.2, -0.15) is 0 Å². The fraction of sp³-hybridized carbons (Fsp3) is 0.500. The van der Waals surface area contributed by atoms with Gasteiger partial charge in [0.2, 0.25) is 10.0 Å². The number of hydrogen-bond acceptors (Lipinski definition) is 4. The van der Waals surface area contributed by atoms with Gasteiger partial charge in [0.05, 0.1) is 0 Å². The number of nitrogens with one attached hydrogen (secondary N) is 1. The molecule has 0 saturated heterocycles. The van der Waals surface area contributed by atoms with Crippen LogP contribution in [-0.2, 0) is 10.0 Å². The summed E-state index contributed by atoms with van der Waals surface area (Å²) in [6.07, 6.45) is 2.13. The molecule has 1 aromatic rings. The number of halogens is 1. The van der Waals surface area contributed by atoms with E-state index in [9.17, 15) is 8.42 Å². The fourth-order valence-corrected chi connectivity index (χ4v) is 3.21. The number of rotatable bonds is 4. The average molecular weight is 322 g/mol. The number of aromatic nitrogens is 1. The van der Waals surface area contributed by atoms with Crippen LogP contribution in [0.5, 0.6) is 0 Å². The molecule has 0 saturated carbocycles. The lowest BCUT2D eigenvalue weighted by molar-refractivity contribution is 0.439. The van der Waals surface area contributed by atoms with Gasteiger partial charge in [0.15, 0.2) is 0 Å². The summed E-state index contributed by atoms with van der Waals surface area (Å²) in [6, 6.07) is 1.44. The smallest absolute Gasteiger partial charge is 0.244 e. The Hall–Kier alpha value is -0.660. The molecule has 1 rings (SSSR count). The number of sulfonamides is 1. The molecule has 0 aliphatic carbocycles. The minimum atomic E-state index is -3.65. The third-order valence-corrected chi connectivity index (χ3v) is 4.59. The topological polar surface area (TPSA) is 85.1 Å². The first kappa shape index (κ1) is 14.4. The summed E-state index contributed by atoms with van der Waals surface area (Å²) < 4.78 is 27.4. The zero-order valence-electron chi connectivity index (χ0n) is 9.99. The van der Waals surface area contributed by atoms with Crippen LogP contribution in [0.2, 0.25) is 0 Å². The molecule has 0 aliphatic rings. The Morgan fingerprint density at radius 2 is 2.12 bits per heavy atom. The molecule has 1 heterocycles. The van der Waals surface area contributed by atoms with Crippen LogP contribution < -0.4 is 10.5 Å². The average Bonchev–Trinajstić information content (AvgIpc) is 2.20. The molecule has 7 heteroatoms. The standard InChI is InChI=1S/C10H16BrN3O2S/c1-4-10(2,3)14-17(15,16)8-5-7(11)6-13-9(8)12/h5-6,14H,4H2,1-3H3,(H2,12,13). The minimum Gasteiger partial charge on any atom is -0.383 e. The van der Waals surface area contributed by atoms with E-state index >= 15 is 0 Å². The van der Waals surface area contributed by atoms with E-state index in [4.69, 9.17) is 5.73 Å². The maximum Gasteiger partial charge on any atom is 0.244 e. The summed E-state index contributed by atoms with van der Waals surface area (Å²) in [4.78, 5) is 3.81. The van der Waals surface area contributed by atoms with Crippen LogP contribution in [0, 0.1) is 0 Å². The predicted octanol–water partition coefficient (Wildman–Crippen LogP) is 1.89. The molecule has 0 spiro atoms. The first-order valence-corrected chi connectivity index (χ1v) is 7.40. The zero-order valence-corrected chi connectivity index (χ0v) is 12.4. The molecule has 5 nitrogen and oxygen atoms in total. The van der Waals surface area contributed by atoms with E-state index in [1.165, 1.54) is 12.3 Å². The van der Waals surface area contributed by atoms with Crippen LogP contribution in [0.3, 0.4) is 0 Å². The van der Waals surface area contributed by atoms with Crippen molar-refractivity contribution in [2.45, 2.75) is 37.6 Å². The van der Waals surface area contributed by atoms with Gasteiger partial charge in [0.1, 0.15) is 10.7 Å². The summed E-state index contributed by atoms with van der Waals surface area (Å²) in [5.41, 5.74) is 5.06. The molecule has 0 aliphatic heterocycles. The Morgan fingerprint density at radius 1 is 1.53 bits per heavy atom. The quantitative estimate of drug-likeness (QED) is 0.886.